The molecule has 0 radical (unpaired) electrons. The van der Waals surface area contributed by atoms with E-state index in [1.54, 1.807) is 0 Å². The predicted molar refractivity (Wildman–Crippen MR) is 78.9 cm³/mol. The van der Waals surface area contributed by atoms with Gasteiger partial charge >= 0.3 is 0 Å². The molecule has 1 aromatic rings. The van der Waals surface area contributed by atoms with Crippen LogP contribution in [0, 0.1) is 5.92 Å². The van der Waals surface area contributed by atoms with E-state index in [0.29, 0.717) is 5.96 Å². The highest BCUT2D eigenvalue weighted by Gasteiger charge is 2.42. The summed E-state index contributed by atoms with van der Waals surface area (Å²) < 4.78 is 1.08. The summed E-state index contributed by atoms with van der Waals surface area (Å²) in [4.78, 5) is 6.67. The Balaban J connectivity index is 1.93. The van der Waals surface area contributed by atoms with E-state index in [4.69, 9.17) is 5.73 Å². The van der Waals surface area contributed by atoms with Crippen LogP contribution in [0.25, 0.3) is 0 Å². The lowest BCUT2D eigenvalue weighted by atomic mass is 9.93. The van der Waals surface area contributed by atoms with Crippen LogP contribution >= 0.6 is 15.9 Å². The Labute approximate surface area is 116 Å². The Morgan fingerprint density at radius 3 is 2.94 bits per heavy atom. The van der Waals surface area contributed by atoms with Crippen LogP contribution in [-0.2, 0) is 0 Å². The molecule has 18 heavy (non-hydrogen) atoms. The number of hydrogen-bond acceptors (Lipinski definition) is 3. The lowest BCUT2D eigenvalue weighted by Gasteiger charge is -2.36. The van der Waals surface area contributed by atoms with Crippen LogP contribution in [-0.4, -0.2) is 18.0 Å². The van der Waals surface area contributed by atoms with Gasteiger partial charge in [-0.25, -0.2) is 0 Å². The van der Waals surface area contributed by atoms with E-state index in [-0.39, 0.29) is 5.54 Å². The third kappa shape index (κ3) is 2.14. The zero-order valence-electron chi connectivity index (χ0n) is 10.6. The van der Waals surface area contributed by atoms with Crippen LogP contribution in [0.5, 0.6) is 0 Å². The van der Waals surface area contributed by atoms with E-state index < -0.39 is 0 Å². The van der Waals surface area contributed by atoms with Gasteiger partial charge in [0.25, 0.3) is 0 Å². The van der Waals surface area contributed by atoms with Crippen LogP contribution in [0.3, 0.4) is 0 Å². The molecule has 3 rings (SSSR count). The number of aliphatic imine (C=N–C) groups is 1. The second-order valence-corrected chi connectivity index (χ2v) is 6.55. The monoisotopic (exact) mass is 307 g/mol. The molecule has 4 heteroatoms. The molecule has 0 amide bonds. The van der Waals surface area contributed by atoms with E-state index in [2.05, 4.69) is 44.9 Å². The van der Waals surface area contributed by atoms with Crippen LogP contribution in [0.15, 0.2) is 33.7 Å². The zero-order chi connectivity index (χ0) is 12.8. The van der Waals surface area contributed by atoms with E-state index in [1.807, 2.05) is 12.1 Å². The van der Waals surface area contributed by atoms with Gasteiger partial charge in [0.2, 0.25) is 0 Å². The van der Waals surface area contributed by atoms with Crippen molar-refractivity contribution < 1.29 is 0 Å². The van der Waals surface area contributed by atoms with Crippen LogP contribution in [0.1, 0.15) is 26.2 Å². The Morgan fingerprint density at radius 1 is 1.50 bits per heavy atom. The number of anilines is 1. The first-order chi connectivity index (χ1) is 8.58. The van der Waals surface area contributed by atoms with Crippen LogP contribution in [0.4, 0.5) is 5.69 Å². The van der Waals surface area contributed by atoms with Gasteiger partial charge in [-0.2, -0.15) is 0 Å². The van der Waals surface area contributed by atoms with Gasteiger partial charge in [0, 0.05) is 10.2 Å². The summed E-state index contributed by atoms with van der Waals surface area (Å²) >= 11 is 3.52. The van der Waals surface area contributed by atoms with Crippen molar-refractivity contribution in [3.63, 3.8) is 0 Å². The zero-order valence-corrected chi connectivity index (χ0v) is 12.2. The highest BCUT2D eigenvalue weighted by atomic mass is 79.9. The highest BCUT2D eigenvalue weighted by molar-refractivity contribution is 9.10. The maximum absolute atomic E-state index is 6.09. The molecule has 1 fully saturated rings. The number of nitrogens with zero attached hydrogens (tertiary/aromatic N) is 2. The molecule has 2 N–H and O–H groups in total. The minimum Gasteiger partial charge on any atom is -0.369 e. The van der Waals surface area contributed by atoms with Gasteiger partial charge in [-0.05, 0) is 37.5 Å². The van der Waals surface area contributed by atoms with Crippen molar-refractivity contribution in [3.05, 3.63) is 28.7 Å². The second kappa shape index (κ2) is 4.26. The molecule has 1 saturated carbocycles. The molecule has 1 unspecified atom stereocenters. The molecule has 0 aromatic heterocycles. The average Bonchev–Trinajstić information content (AvgIpc) is 3.05. The molecule has 3 nitrogen and oxygen atoms in total. The molecule has 0 bridgehead atoms. The molecule has 1 aliphatic heterocycles. The van der Waals surface area contributed by atoms with Gasteiger partial charge < -0.3 is 10.6 Å². The first kappa shape index (κ1) is 12.0. The third-order valence-corrected chi connectivity index (χ3v) is 4.34. The molecule has 1 aromatic carbocycles. The Bertz CT molecular complexity index is 496. The minimum absolute atomic E-state index is 0.0477. The summed E-state index contributed by atoms with van der Waals surface area (Å²) in [6, 6.07) is 8.29. The predicted octanol–water partition coefficient (Wildman–Crippen LogP) is 3.14. The second-order valence-electron chi connectivity index (χ2n) is 5.63. The van der Waals surface area contributed by atoms with Gasteiger partial charge in [-0.1, -0.05) is 34.8 Å². The third-order valence-electron chi connectivity index (χ3n) is 3.84. The fraction of sp³-hybridized carbons (Fsp3) is 0.500. The molecule has 1 heterocycles. The van der Waals surface area contributed by atoms with Gasteiger partial charge in [-0.3, -0.25) is 4.99 Å². The molecular formula is C14H18BrN3. The van der Waals surface area contributed by atoms with Gasteiger partial charge in [-0.15, -0.1) is 0 Å². The lowest BCUT2D eigenvalue weighted by Crippen LogP contribution is -2.50. The van der Waals surface area contributed by atoms with E-state index >= 15 is 0 Å². The average molecular weight is 308 g/mol. The summed E-state index contributed by atoms with van der Waals surface area (Å²) in [7, 11) is 0. The van der Waals surface area contributed by atoms with Crippen LogP contribution < -0.4 is 10.6 Å². The van der Waals surface area contributed by atoms with E-state index in [9.17, 15) is 0 Å². The smallest absolute Gasteiger partial charge is 0.196 e. The Kier molecular flexibility index (Phi) is 2.85. The highest BCUT2D eigenvalue weighted by Crippen LogP contribution is 2.42. The normalized spacial score (nSPS) is 27.4. The van der Waals surface area contributed by atoms with Crippen molar-refractivity contribution in [3.8, 4) is 0 Å². The minimum atomic E-state index is 0.0477. The van der Waals surface area contributed by atoms with E-state index in [1.165, 1.54) is 19.3 Å². The summed E-state index contributed by atoms with van der Waals surface area (Å²) in [5.74, 6) is 1.52. The van der Waals surface area contributed by atoms with Crippen molar-refractivity contribution in [1.82, 2.24) is 0 Å². The number of benzene rings is 1. The fourth-order valence-corrected chi connectivity index (χ4v) is 3.22. The molecule has 0 saturated heterocycles. The van der Waals surface area contributed by atoms with Crippen molar-refractivity contribution >= 4 is 27.6 Å². The largest absolute Gasteiger partial charge is 0.369 e. The van der Waals surface area contributed by atoms with Crippen molar-refractivity contribution in [2.24, 2.45) is 16.6 Å². The lowest BCUT2D eigenvalue weighted by molar-refractivity contribution is 0.435. The first-order valence-corrected chi connectivity index (χ1v) is 7.23. The number of guanidine groups is 1. The van der Waals surface area contributed by atoms with Crippen molar-refractivity contribution in [2.45, 2.75) is 31.7 Å². The summed E-state index contributed by atoms with van der Waals surface area (Å²) in [6.07, 6.45) is 3.91. The molecule has 96 valence electrons. The van der Waals surface area contributed by atoms with Crippen molar-refractivity contribution in [1.29, 1.82) is 0 Å². The number of rotatable bonds is 3. The Morgan fingerprint density at radius 2 is 2.28 bits per heavy atom. The molecule has 1 atom stereocenters. The summed E-state index contributed by atoms with van der Waals surface area (Å²) in [5.41, 5.74) is 7.27. The SMILES string of the molecule is CC1(CC2CC2)CN=C(N)N1c1cccc(Br)c1. The standard InChI is InChI=1S/C14H18BrN3/c1-14(8-10-5-6-10)9-17-13(16)18(14)12-4-2-3-11(15)7-12/h2-4,7,10H,5-6,8-9H2,1H3,(H2,16,17). The summed E-state index contributed by atoms with van der Waals surface area (Å²) in [6.45, 7) is 3.08. The fourth-order valence-electron chi connectivity index (χ4n) is 2.83. The van der Waals surface area contributed by atoms with Crippen molar-refractivity contribution in [2.75, 3.05) is 11.4 Å². The topological polar surface area (TPSA) is 41.6 Å². The quantitative estimate of drug-likeness (QED) is 0.932. The number of hydrogen-bond donors (Lipinski definition) is 1. The maximum Gasteiger partial charge on any atom is 0.196 e. The Hall–Kier alpha value is -1.03. The molecule has 2 aliphatic rings. The summed E-state index contributed by atoms with van der Waals surface area (Å²) in [5, 5.41) is 0. The van der Waals surface area contributed by atoms with Gasteiger partial charge in [0.15, 0.2) is 5.96 Å². The molecule has 0 spiro atoms. The van der Waals surface area contributed by atoms with Crippen LogP contribution in [0.2, 0.25) is 0 Å². The number of nitrogens with two attached hydrogens (primary N) is 1. The first-order valence-electron chi connectivity index (χ1n) is 6.44. The molecule has 1 aliphatic carbocycles. The van der Waals surface area contributed by atoms with Gasteiger partial charge in [0.05, 0.1) is 12.1 Å². The maximum atomic E-state index is 6.09. The number of halogens is 1. The van der Waals surface area contributed by atoms with E-state index in [0.717, 1.165) is 22.6 Å². The molecular weight excluding hydrogens is 290 g/mol. The van der Waals surface area contributed by atoms with Gasteiger partial charge in [0.1, 0.15) is 0 Å².